The number of aliphatic carboxylic acids is 2. The zero-order valence-electron chi connectivity index (χ0n) is 8.65. The Morgan fingerprint density at radius 1 is 1.29 bits per heavy atom. The van der Waals surface area contributed by atoms with Crippen LogP contribution in [-0.2, 0) is 9.59 Å². The Kier molecular flexibility index (Phi) is 10.1. The summed E-state index contributed by atoms with van der Waals surface area (Å²) >= 11 is 0. The molecule has 0 heterocycles. The molecule has 0 aliphatic carbocycles. The van der Waals surface area contributed by atoms with Gasteiger partial charge in [-0.3, -0.25) is 0 Å². The van der Waals surface area contributed by atoms with Crippen LogP contribution in [0.1, 0.15) is 27.2 Å². The fraction of sp³-hybridized carbons (Fsp3) is 0.400. The number of hydrogen-bond donors (Lipinski definition) is 2. The van der Waals surface area contributed by atoms with Crippen LogP contribution < -0.4 is 0 Å². The molecule has 0 saturated carbocycles. The Bertz CT molecular complexity index is 239. The quantitative estimate of drug-likeness (QED) is 0.684. The van der Waals surface area contributed by atoms with E-state index in [9.17, 15) is 9.59 Å². The minimum atomic E-state index is -0.873. The van der Waals surface area contributed by atoms with Gasteiger partial charge in [-0.15, -0.1) is 0 Å². The highest BCUT2D eigenvalue weighted by Gasteiger charge is 1.93. The molecule has 0 amide bonds. The van der Waals surface area contributed by atoms with Crippen LogP contribution in [0.15, 0.2) is 23.8 Å². The van der Waals surface area contributed by atoms with Crippen LogP contribution in [0.2, 0.25) is 0 Å². The third-order valence-electron chi connectivity index (χ3n) is 1.27. The van der Waals surface area contributed by atoms with Crippen molar-refractivity contribution in [1.29, 1.82) is 0 Å². The van der Waals surface area contributed by atoms with Gasteiger partial charge in [0.1, 0.15) is 0 Å². The Labute approximate surface area is 83.6 Å². The SMILES string of the molecule is CC=C(C)C(=O)O.CCC=CC(=O)O. The maximum Gasteiger partial charge on any atom is 0.330 e. The summed E-state index contributed by atoms with van der Waals surface area (Å²) in [5.41, 5.74) is 0.389. The normalized spacial score (nSPS) is 10.6. The molecule has 0 radical (unpaired) electrons. The van der Waals surface area contributed by atoms with E-state index in [1.165, 1.54) is 0 Å². The second-order valence-corrected chi connectivity index (χ2v) is 2.43. The molecule has 0 unspecified atom stereocenters. The fourth-order valence-corrected chi connectivity index (χ4v) is 0.342. The lowest BCUT2D eigenvalue weighted by Crippen LogP contribution is -1.93. The average molecular weight is 200 g/mol. The monoisotopic (exact) mass is 200 g/mol. The van der Waals surface area contributed by atoms with E-state index in [-0.39, 0.29) is 0 Å². The van der Waals surface area contributed by atoms with Crippen LogP contribution in [0.25, 0.3) is 0 Å². The lowest BCUT2D eigenvalue weighted by Gasteiger charge is -1.84. The first kappa shape index (κ1) is 14.9. The largest absolute Gasteiger partial charge is 0.478 e. The topological polar surface area (TPSA) is 74.6 Å². The molecular formula is C10H16O4. The van der Waals surface area contributed by atoms with Gasteiger partial charge in [-0.1, -0.05) is 19.1 Å². The Balaban J connectivity index is 0. The Morgan fingerprint density at radius 2 is 1.79 bits per heavy atom. The third kappa shape index (κ3) is 13.0. The van der Waals surface area contributed by atoms with Gasteiger partial charge >= 0.3 is 11.9 Å². The highest BCUT2D eigenvalue weighted by Crippen LogP contribution is 1.87. The van der Waals surface area contributed by atoms with Crippen molar-refractivity contribution in [2.24, 2.45) is 0 Å². The number of hydrogen-bond acceptors (Lipinski definition) is 2. The second kappa shape index (κ2) is 9.51. The summed E-state index contributed by atoms with van der Waals surface area (Å²) in [6.07, 6.45) is 5.08. The van der Waals surface area contributed by atoms with E-state index >= 15 is 0 Å². The lowest BCUT2D eigenvalue weighted by molar-refractivity contribution is -0.133. The molecule has 0 aliphatic heterocycles. The molecule has 0 rings (SSSR count). The van der Waals surface area contributed by atoms with Gasteiger partial charge < -0.3 is 10.2 Å². The zero-order chi connectivity index (χ0) is 11.6. The van der Waals surface area contributed by atoms with Crippen molar-refractivity contribution in [3.8, 4) is 0 Å². The van der Waals surface area contributed by atoms with Crippen molar-refractivity contribution in [1.82, 2.24) is 0 Å². The average Bonchev–Trinajstić information content (AvgIpc) is 2.14. The lowest BCUT2D eigenvalue weighted by atomic mass is 10.3. The maximum atomic E-state index is 9.86. The maximum absolute atomic E-state index is 9.86. The van der Waals surface area contributed by atoms with E-state index in [1.54, 1.807) is 26.0 Å². The fourth-order valence-electron chi connectivity index (χ4n) is 0.342. The van der Waals surface area contributed by atoms with Gasteiger partial charge in [-0.05, 0) is 20.3 Å². The smallest absolute Gasteiger partial charge is 0.330 e. The highest BCUT2D eigenvalue weighted by molar-refractivity contribution is 5.85. The van der Waals surface area contributed by atoms with E-state index in [0.29, 0.717) is 5.57 Å². The molecule has 2 N–H and O–H groups in total. The third-order valence-corrected chi connectivity index (χ3v) is 1.27. The van der Waals surface area contributed by atoms with Gasteiger partial charge in [0.25, 0.3) is 0 Å². The number of carbonyl (C=O) groups is 2. The second-order valence-electron chi connectivity index (χ2n) is 2.43. The molecule has 80 valence electrons. The molecule has 0 saturated heterocycles. The summed E-state index contributed by atoms with van der Waals surface area (Å²) in [7, 11) is 0. The molecule has 0 aromatic heterocycles. The minimum absolute atomic E-state index is 0.389. The molecule has 4 heteroatoms. The molecule has 0 fully saturated rings. The van der Waals surface area contributed by atoms with Gasteiger partial charge in [0.2, 0.25) is 0 Å². The van der Waals surface area contributed by atoms with Crippen LogP contribution in [0.3, 0.4) is 0 Å². The standard InChI is InChI=1S/2C5H8O2/c1-3-4(2)5(6)7;1-2-3-4-5(6)7/h3H,1-2H3,(H,6,7);3-4H,2H2,1H3,(H,6,7). The summed E-state index contributed by atoms with van der Waals surface area (Å²) in [4.78, 5) is 19.5. The van der Waals surface area contributed by atoms with E-state index in [1.807, 2.05) is 6.92 Å². The molecule has 0 aromatic carbocycles. The van der Waals surface area contributed by atoms with E-state index in [2.05, 4.69) is 0 Å². The number of carboxylic acid groups (broad SMARTS) is 2. The number of rotatable bonds is 3. The van der Waals surface area contributed by atoms with Crippen molar-refractivity contribution in [2.75, 3.05) is 0 Å². The van der Waals surface area contributed by atoms with Crippen LogP contribution in [0.4, 0.5) is 0 Å². The van der Waals surface area contributed by atoms with E-state index in [4.69, 9.17) is 10.2 Å². The first-order valence-corrected chi connectivity index (χ1v) is 4.21. The molecule has 0 atom stereocenters. The van der Waals surface area contributed by atoms with Crippen molar-refractivity contribution in [3.05, 3.63) is 23.8 Å². The molecule has 0 bridgehead atoms. The molecule has 0 aromatic rings. The molecule has 4 nitrogen and oxygen atoms in total. The summed E-state index contributed by atoms with van der Waals surface area (Å²) < 4.78 is 0. The number of allylic oxidation sites excluding steroid dienone is 2. The van der Waals surface area contributed by atoms with Gasteiger partial charge in [0, 0.05) is 11.6 Å². The first-order chi connectivity index (χ1) is 6.45. The predicted octanol–water partition coefficient (Wildman–Crippen LogP) is 2.07. The van der Waals surface area contributed by atoms with Crippen molar-refractivity contribution >= 4 is 11.9 Å². The van der Waals surface area contributed by atoms with Crippen molar-refractivity contribution in [3.63, 3.8) is 0 Å². The summed E-state index contributed by atoms with van der Waals surface area (Å²) in [6, 6.07) is 0. The van der Waals surface area contributed by atoms with Gasteiger partial charge in [-0.2, -0.15) is 0 Å². The van der Waals surface area contributed by atoms with Crippen LogP contribution in [0.5, 0.6) is 0 Å². The summed E-state index contributed by atoms with van der Waals surface area (Å²) in [5, 5.41) is 16.1. The van der Waals surface area contributed by atoms with Crippen LogP contribution in [-0.4, -0.2) is 22.2 Å². The Hall–Kier alpha value is -1.58. The van der Waals surface area contributed by atoms with E-state index in [0.717, 1.165) is 12.5 Å². The molecular weight excluding hydrogens is 184 g/mol. The van der Waals surface area contributed by atoms with Crippen LogP contribution >= 0.6 is 0 Å². The summed E-state index contributed by atoms with van der Waals surface area (Å²) in [5.74, 6) is -1.72. The minimum Gasteiger partial charge on any atom is -0.478 e. The van der Waals surface area contributed by atoms with Crippen molar-refractivity contribution in [2.45, 2.75) is 27.2 Å². The number of carboxylic acids is 2. The van der Waals surface area contributed by atoms with Crippen LogP contribution in [0, 0.1) is 0 Å². The molecule has 0 spiro atoms. The summed E-state index contributed by atoms with van der Waals surface area (Å²) in [6.45, 7) is 5.14. The first-order valence-electron chi connectivity index (χ1n) is 4.21. The van der Waals surface area contributed by atoms with Gasteiger partial charge in [0.15, 0.2) is 0 Å². The highest BCUT2D eigenvalue weighted by atomic mass is 16.4. The van der Waals surface area contributed by atoms with Gasteiger partial charge in [0.05, 0.1) is 0 Å². The van der Waals surface area contributed by atoms with Gasteiger partial charge in [-0.25, -0.2) is 9.59 Å². The Morgan fingerprint density at radius 3 is 1.86 bits per heavy atom. The molecule has 0 aliphatic rings. The van der Waals surface area contributed by atoms with E-state index < -0.39 is 11.9 Å². The van der Waals surface area contributed by atoms with Crippen molar-refractivity contribution < 1.29 is 19.8 Å². The predicted molar refractivity (Wildman–Crippen MR) is 54.1 cm³/mol. The molecule has 14 heavy (non-hydrogen) atoms. The zero-order valence-corrected chi connectivity index (χ0v) is 8.65.